The summed E-state index contributed by atoms with van der Waals surface area (Å²) in [4.78, 5) is 57.7. The number of thioether (sulfide) groups is 1. The standard InChI is InChI=1S/C25H36N6O6S/c1-14(2)21(31-22(33)18(26)8-9-38-3)24(35)29-19(11-16-12-27-13-28-16)23(34)30-20(25(36)37)10-15-4-6-17(32)7-5-15/h4-7,12-14,18-21,32H,8-11,26H2,1-3H3,(H,27,28)(H,29,35)(H,30,34)(H,31,33)(H,36,37). The van der Waals surface area contributed by atoms with E-state index in [-0.39, 0.29) is 24.5 Å². The molecular formula is C25H36N6O6S. The molecule has 0 aliphatic carbocycles. The van der Waals surface area contributed by atoms with Crippen LogP contribution >= 0.6 is 11.8 Å². The Morgan fingerprint density at radius 1 is 1.00 bits per heavy atom. The third kappa shape index (κ3) is 9.71. The number of nitrogens with two attached hydrogens (primary N) is 1. The first-order valence-corrected chi connectivity index (χ1v) is 13.5. The van der Waals surface area contributed by atoms with E-state index in [4.69, 9.17) is 5.73 Å². The van der Waals surface area contributed by atoms with E-state index < -0.39 is 47.9 Å². The average molecular weight is 549 g/mol. The summed E-state index contributed by atoms with van der Waals surface area (Å²) in [5.41, 5.74) is 7.07. The number of rotatable bonds is 15. The molecule has 8 N–H and O–H groups in total. The minimum absolute atomic E-state index is 0.00905. The van der Waals surface area contributed by atoms with Gasteiger partial charge in [0.1, 0.15) is 23.9 Å². The van der Waals surface area contributed by atoms with Crippen LogP contribution in [0.5, 0.6) is 5.75 Å². The molecule has 0 fully saturated rings. The number of aromatic nitrogens is 2. The monoisotopic (exact) mass is 548 g/mol. The van der Waals surface area contributed by atoms with Crippen LogP contribution in [-0.4, -0.2) is 80.0 Å². The van der Waals surface area contributed by atoms with Crippen molar-refractivity contribution in [3.05, 3.63) is 48.0 Å². The molecule has 13 heteroatoms. The van der Waals surface area contributed by atoms with Crippen LogP contribution in [0.3, 0.4) is 0 Å². The van der Waals surface area contributed by atoms with Crippen LogP contribution in [-0.2, 0) is 32.0 Å². The summed E-state index contributed by atoms with van der Waals surface area (Å²) in [6.45, 7) is 3.50. The summed E-state index contributed by atoms with van der Waals surface area (Å²) >= 11 is 1.56. The lowest BCUT2D eigenvalue weighted by molar-refractivity contribution is -0.142. The highest BCUT2D eigenvalue weighted by Gasteiger charge is 2.32. The number of aromatic hydroxyl groups is 1. The van der Waals surface area contributed by atoms with Crippen LogP contribution < -0.4 is 21.7 Å². The molecule has 1 heterocycles. The third-order valence-electron chi connectivity index (χ3n) is 5.82. The molecule has 1 aromatic carbocycles. The second-order valence-corrected chi connectivity index (χ2v) is 10.2. The number of aromatic amines is 1. The van der Waals surface area contributed by atoms with Crippen LogP contribution in [0.25, 0.3) is 0 Å². The predicted molar refractivity (Wildman–Crippen MR) is 143 cm³/mol. The fourth-order valence-corrected chi connectivity index (χ4v) is 4.09. The number of nitrogens with one attached hydrogen (secondary N) is 4. The molecule has 4 unspecified atom stereocenters. The minimum atomic E-state index is -1.29. The quantitative estimate of drug-likeness (QED) is 0.162. The average Bonchev–Trinajstić information content (AvgIpc) is 3.38. The van der Waals surface area contributed by atoms with Crippen molar-refractivity contribution in [3.63, 3.8) is 0 Å². The van der Waals surface area contributed by atoms with Crippen molar-refractivity contribution in [2.75, 3.05) is 12.0 Å². The van der Waals surface area contributed by atoms with E-state index in [2.05, 4.69) is 25.9 Å². The normalized spacial score (nSPS) is 14.2. The molecule has 38 heavy (non-hydrogen) atoms. The molecule has 0 aliphatic heterocycles. The first-order valence-electron chi connectivity index (χ1n) is 12.1. The van der Waals surface area contributed by atoms with Gasteiger partial charge in [-0.2, -0.15) is 11.8 Å². The van der Waals surface area contributed by atoms with Crippen molar-refractivity contribution in [2.45, 2.75) is 57.3 Å². The van der Waals surface area contributed by atoms with Gasteiger partial charge >= 0.3 is 5.97 Å². The third-order valence-corrected chi connectivity index (χ3v) is 6.46. The van der Waals surface area contributed by atoms with Gasteiger partial charge in [0.25, 0.3) is 0 Å². The maximum Gasteiger partial charge on any atom is 0.326 e. The van der Waals surface area contributed by atoms with E-state index in [1.165, 1.54) is 24.7 Å². The van der Waals surface area contributed by atoms with Crippen LogP contribution in [0.2, 0.25) is 0 Å². The Hall–Kier alpha value is -3.58. The van der Waals surface area contributed by atoms with Gasteiger partial charge in [0.05, 0.1) is 12.4 Å². The van der Waals surface area contributed by atoms with Gasteiger partial charge < -0.3 is 36.9 Å². The van der Waals surface area contributed by atoms with Crippen LogP contribution in [0, 0.1) is 5.92 Å². The Morgan fingerprint density at radius 3 is 2.21 bits per heavy atom. The van der Waals surface area contributed by atoms with Crippen molar-refractivity contribution in [3.8, 4) is 5.75 Å². The molecule has 0 saturated heterocycles. The van der Waals surface area contributed by atoms with Crippen LogP contribution in [0.4, 0.5) is 0 Å². The number of carbonyl (C=O) groups is 4. The molecule has 2 rings (SSSR count). The summed E-state index contributed by atoms with van der Waals surface area (Å²) in [5.74, 6) is -2.64. The number of phenolic OH excluding ortho intramolecular Hbond substituents is 1. The lowest BCUT2D eigenvalue weighted by atomic mass is 10.0. The highest BCUT2D eigenvalue weighted by Crippen LogP contribution is 2.12. The Balaban J connectivity index is 2.18. The number of carbonyl (C=O) groups excluding carboxylic acids is 3. The summed E-state index contributed by atoms with van der Waals surface area (Å²) in [5, 5.41) is 27.0. The van der Waals surface area contributed by atoms with Gasteiger partial charge in [-0.3, -0.25) is 14.4 Å². The number of H-pyrrole nitrogens is 1. The first-order chi connectivity index (χ1) is 18.0. The number of hydrogen-bond acceptors (Lipinski definition) is 8. The van der Waals surface area contributed by atoms with Gasteiger partial charge in [0, 0.05) is 24.7 Å². The van der Waals surface area contributed by atoms with Gasteiger partial charge in [-0.25, -0.2) is 9.78 Å². The Morgan fingerprint density at radius 2 is 1.66 bits per heavy atom. The minimum Gasteiger partial charge on any atom is -0.508 e. The van der Waals surface area contributed by atoms with Gasteiger partial charge in [-0.15, -0.1) is 0 Å². The second-order valence-electron chi connectivity index (χ2n) is 9.23. The number of phenols is 1. The van der Waals surface area contributed by atoms with Crippen molar-refractivity contribution >= 4 is 35.5 Å². The van der Waals surface area contributed by atoms with Crippen molar-refractivity contribution in [1.82, 2.24) is 25.9 Å². The summed E-state index contributed by atoms with van der Waals surface area (Å²) in [7, 11) is 0. The SMILES string of the molecule is CSCCC(N)C(=O)NC(C(=O)NC(Cc1cnc[nH]1)C(=O)NC(Cc1ccc(O)cc1)C(=O)O)C(C)C. The number of carboxylic acid groups (broad SMARTS) is 1. The van der Waals surface area contributed by atoms with Crippen molar-refractivity contribution in [2.24, 2.45) is 11.7 Å². The van der Waals surface area contributed by atoms with Gasteiger partial charge in [-0.1, -0.05) is 26.0 Å². The fourth-order valence-electron chi connectivity index (χ4n) is 3.60. The Kier molecular flexibility index (Phi) is 12.1. The number of benzene rings is 1. The summed E-state index contributed by atoms with van der Waals surface area (Å²) < 4.78 is 0. The summed E-state index contributed by atoms with van der Waals surface area (Å²) in [6, 6.07) is 1.76. The lowest BCUT2D eigenvalue weighted by Gasteiger charge is -2.27. The molecular weight excluding hydrogens is 512 g/mol. The van der Waals surface area contributed by atoms with E-state index in [9.17, 15) is 29.4 Å². The molecule has 0 radical (unpaired) electrons. The Bertz CT molecular complexity index is 1060. The molecule has 12 nitrogen and oxygen atoms in total. The van der Waals surface area contributed by atoms with Crippen LogP contribution in [0.1, 0.15) is 31.5 Å². The number of nitrogens with zero attached hydrogens (tertiary/aromatic N) is 1. The van der Waals surface area contributed by atoms with Gasteiger partial charge in [0.15, 0.2) is 0 Å². The highest BCUT2D eigenvalue weighted by atomic mass is 32.2. The first kappa shape index (κ1) is 30.6. The molecule has 0 aliphatic rings. The van der Waals surface area contributed by atoms with Crippen molar-refractivity contribution in [1.29, 1.82) is 0 Å². The van der Waals surface area contributed by atoms with E-state index >= 15 is 0 Å². The predicted octanol–water partition coefficient (Wildman–Crippen LogP) is 0.176. The second kappa shape index (κ2) is 15.0. The lowest BCUT2D eigenvalue weighted by Crippen LogP contribution is -2.59. The molecule has 0 spiro atoms. The maximum atomic E-state index is 13.2. The maximum absolute atomic E-state index is 13.2. The zero-order chi connectivity index (χ0) is 28.2. The molecule has 1 aromatic heterocycles. The number of aliphatic carboxylic acids is 1. The molecule has 2 aromatic rings. The molecule has 0 saturated carbocycles. The zero-order valence-electron chi connectivity index (χ0n) is 21.6. The topological polar surface area (TPSA) is 200 Å². The summed E-state index contributed by atoms with van der Waals surface area (Å²) in [6.07, 6.45) is 5.23. The van der Waals surface area contributed by atoms with E-state index in [1.807, 2.05) is 6.26 Å². The molecule has 0 bridgehead atoms. The van der Waals surface area contributed by atoms with E-state index in [0.717, 1.165) is 0 Å². The number of carboxylic acids is 1. The zero-order valence-corrected chi connectivity index (χ0v) is 22.5. The number of hydrogen-bond donors (Lipinski definition) is 7. The van der Waals surface area contributed by atoms with Crippen LogP contribution in [0.15, 0.2) is 36.8 Å². The molecule has 3 amide bonds. The largest absolute Gasteiger partial charge is 0.508 e. The van der Waals surface area contributed by atoms with E-state index in [1.54, 1.807) is 37.7 Å². The number of amides is 3. The van der Waals surface area contributed by atoms with E-state index in [0.29, 0.717) is 23.4 Å². The van der Waals surface area contributed by atoms with Gasteiger partial charge in [-0.05, 0) is 42.0 Å². The fraction of sp³-hybridized carbons (Fsp3) is 0.480. The highest BCUT2D eigenvalue weighted by molar-refractivity contribution is 7.98. The number of imidazole rings is 1. The molecule has 208 valence electrons. The van der Waals surface area contributed by atoms with Gasteiger partial charge in [0.2, 0.25) is 17.7 Å². The smallest absolute Gasteiger partial charge is 0.326 e. The Labute approximate surface area is 225 Å². The van der Waals surface area contributed by atoms with Crippen molar-refractivity contribution < 1.29 is 29.4 Å². The molecule has 4 atom stereocenters.